The van der Waals surface area contributed by atoms with Gasteiger partial charge in [-0.15, -0.1) is 11.3 Å². The van der Waals surface area contributed by atoms with Crippen LogP contribution < -0.4 is 0 Å². The maximum atomic E-state index is 12.6. The Hall–Kier alpha value is -1.76. The van der Waals surface area contributed by atoms with Crippen molar-refractivity contribution in [2.24, 2.45) is 5.92 Å². The molecule has 3 heterocycles. The number of aryl methyl sites for hydroxylation is 1. The Morgan fingerprint density at radius 1 is 1.11 bits per heavy atom. The van der Waals surface area contributed by atoms with Crippen LogP contribution in [0.3, 0.4) is 0 Å². The maximum Gasteiger partial charge on any atom is 0.222 e. The third kappa shape index (κ3) is 5.19. The van der Waals surface area contributed by atoms with Gasteiger partial charge in [0.1, 0.15) is 5.01 Å². The minimum Gasteiger partial charge on any atom is -0.379 e. The van der Waals surface area contributed by atoms with Crippen LogP contribution in [0.1, 0.15) is 25.0 Å². The molecule has 2 aromatic rings. The first kappa shape index (κ1) is 19.6. The predicted octanol–water partition coefficient (Wildman–Crippen LogP) is 3.31. The van der Waals surface area contributed by atoms with Crippen LogP contribution in [0.5, 0.6) is 0 Å². The van der Waals surface area contributed by atoms with Crippen LogP contribution in [0.2, 0.25) is 0 Å². The Kier molecular flexibility index (Phi) is 6.73. The zero-order valence-electron chi connectivity index (χ0n) is 16.4. The van der Waals surface area contributed by atoms with Crippen molar-refractivity contribution in [3.05, 3.63) is 41.4 Å². The Morgan fingerprint density at radius 2 is 1.86 bits per heavy atom. The van der Waals surface area contributed by atoms with E-state index in [2.05, 4.69) is 27.3 Å². The molecule has 150 valence electrons. The number of benzene rings is 1. The molecule has 1 aromatic carbocycles. The summed E-state index contributed by atoms with van der Waals surface area (Å²) in [5.74, 6) is 0.994. The van der Waals surface area contributed by atoms with Crippen molar-refractivity contribution in [1.82, 2.24) is 14.8 Å². The average molecular weight is 400 g/mol. The molecule has 5 nitrogen and oxygen atoms in total. The van der Waals surface area contributed by atoms with E-state index in [0.29, 0.717) is 12.3 Å². The van der Waals surface area contributed by atoms with Gasteiger partial charge in [-0.05, 0) is 25.2 Å². The van der Waals surface area contributed by atoms with Gasteiger partial charge in [-0.2, -0.15) is 0 Å². The molecule has 0 spiro atoms. The summed E-state index contributed by atoms with van der Waals surface area (Å²) in [6.07, 6.45) is 3.54. The number of thiazole rings is 1. The van der Waals surface area contributed by atoms with Gasteiger partial charge in [-0.1, -0.05) is 30.3 Å². The first-order valence-corrected chi connectivity index (χ1v) is 11.2. The Balaban J connectivity index is 1.20. The fraction of sp³-hybridized carbons (Fsp3) is 0.545. The van der Waals surface area contributed by atoms with Gasteiger partial charge in [0, 0.05) is 50.1 Å². The number of hydrogen-bond acceptors (Lipinski definition) is 5. The molecule has 0 radical (unpaired) electrons. The van der Waals surface area contributed by atoms with Crippen LogP contribution in [0.4, 0.5) is 0 Å². The minimum absolute atomic E-state index is 0.277. The number of piperidine rings is 1. The third-order valence-corrected chi connectivity index (χ3v) is 6.70. The van der Waals surface area contributed by atoms with Crippen molar-refractivity contribution < 1.29 is 9.53 Å². The van der Waals surface area contributed by atoms with Crippen molar-refractivity contribution >= 4 is 17.2 Å². The highest BCUT2D eigenvalue weighted by molar-refractivity contribution is 7.13. The maximum absolute atomic E-state index is 12.6. The molecule has 28 heavy (non-hydrogen) atoms. The number of hydrogen-bond donors (Lipinski definition) is 0. The number of ether oxygens (including phenoxy) is 1. The number of likely N-dealkylation sites (tertiary alicyclic amines) is 1. The summed E-state index contributed by atoms with van der Waals surface area (Å²) in [7, 11) is 0. The summed E-state index contributed by atoms with van der Waals surface area (Å²) >= 11 is 1.66. The van der Waals surface area contributed by atoms with Gasteiger partial charge in [0.05, 0.1) is 18.9 Å². The summed E-state index contributed by atoms with van der Waals surface area (Å²) in [6, 6.07) is 10.2. The molecule has 0 atom stereocenters. The smallest absolute Gasteiger partial charge is 0.222 e. The third-order valence-electron chi connectivity index (χ3n) is 5.75. The van der Waals surface area contributed by atoms with E-state index in [-0.39, 0.29) is 5.91 Å². The van der Waals surface area contributed by atoms with Gasteiger partial charge in [0.2, 0.25) is 5.91 Å². The second-order valence-corrected chi connectivity index (χ2v) is 8.61. The van der Waals surface area contributed by atoms with E-state index in [1.165, 1.54) is 0 Å². The summed E-state index contributed by atoms with van der Waals surface area (Å²) in [6.45, 7) is 6.79. The second kappa shape index (κ2) is 9.63. The fourth-order valence-electron chi connectivity index (χ4n) is 4.04. The molecule has 0 unspecified atom stereocenters. The lowest BCUT2D eigenvalue weighted by molar-refractivity contribution is -0.132. The van der Waals surface area contributed by atoms with E-state index in [0.717, 1.165) is 81.5 Å². The van der Waals surface area contributed by atoms with Crippen LogP contribution >= 0.6 is 11.3 Å². The van der Waals surface area contributed by atoms with E-state index in [9.17, 15) is 4.79 Å². The normalized spacial score (nSPS) is 19.1. The van der Waals surface area contributed by atoms with Crippen LogP contribution in [-0.4, -0.2) is 66.6 Å². The molecule has 2 aliphatic rings. The zero-order valence-corrected chi connectivity index (χ0v) is 17.2. The highest BCUT2D eigenvalue weighted by atomic mass is 32.1. The van der Waals surface area contributed by atoms with Crippen LogP contribution in [-0.2, 0) is 16.0 Å². The molecule has 1 amide bonds. The van der Waals surface area contributed by atoms with Crippen molar-refractivity contribution in [1.29, 1.82) is 0 Å². The lowest BCUT2D eigenvalue weighted by Gasteiger charge is -2.36. The first-order chi connectivity index (χ1) is 13.8. The standard InChI is InChI=1S/C22H29N3O2S/c26-21(7-6-20-17-28-22(23-20)19-4-2-1-3-5-19)25-10-8-18(9-11-25)16-24-12-14-27-15-13-24/h1-5,17-18H,6-16H2. The lowest BCUT2D eigenvalue weighted by Crippen LogP contribution is -2.44. The molecule has 0 bridgehead atoms. The first-order valence-electron chi connectivity index (χ1n) is 10.4. The highest BCUT2D eigenvalue weighted by Gasteiger charge is 2.24. The van der Waals surface area contributed by atoms with Gasteiger partial charge in [0.15, 0.2) is 0 Å². The van der Waals surface area contributed by atoms with E-state index in [4.69, 9.17) is 9.72 Å². The van der Waals surface area contributed by atoms with Gasteiger partial charge in [0.25, 0.3) is 0 Å². The topological polar surface area (TPSA) is 45.7 Å². The molecule has 0 saturated carbocycles. The average Bonchev–Trinajstić information content (AvgIpc) is 3.23. The zero-order chi connectivity index (χ0) is 19.2. The van der Waals surface area contributed by atoms with E-state index >= 15 is 0 Å². The van der Waals surface area contributed by atoms with E-state index in [1.807, 2.05) is 18.2 Å². The summed E-state index contributed by atoms with van der Waals surface area (Å²) < 4.78 is 5.43. The molecule has 2 fully saturated rings. The lowest BCUT2D eigenvalue weighted by atomic mass is 9.95. The van der Waals surface area contributed by atoms with E-state index in [1.54, 1.807) is 11.3 Å². The number of nitrogens with zero attached hydrogens (tertiary/aromatic N) is 3. The minimum atomic E-state index is 0.277. The number of carbonyl (C=O) groups excluding carboxylic acids is 1. The number of aromatic nitrogens is 1. The summed E-state index contributed by atoms with van der Waals surface area (Å²) in [5.41, 5.74) is 2.17. The number of morpholine rings is 1. The highest BCUT2D eigenvalue weighted by Crippen LogP contribution is 2.24. The molecule has 6 heteroatoms. The number of rotatable bonds is 6. The predicted molar refractivity (Wildman–Crippen MR) is 112 cm³/mol. The van der Waals surface area contributed by atoms with Gasteiger partial charge < -0.3 is 9.64 Å². The quantitative estimate of drug-likeness (QED) is 0.748. The molecule has 1 aromatic heterocycles. The van der Waals surface area contributed by atoms with Crippen molar-refractivity contribution in [2.45, 2.75) is 25.7 Å². The Bertz CT molecular complexity index is 750. The largest absolute Gasteiger partial charge is 0.379 e. The number of amides is 1. The van der Waals surface area contributed by atoms with Crippen molar-refractivity contribution in [3.63, 3.8) is 0 Å². The molecule has 0 aliphatic carbocycles. The van der Waals surface area contributed by atoms with Gasteiger partial charge >= 0.3 is 0 Å². The van der Waals surface area contributed by atoms with E-state index < -0.39 is 0 Å². The van der Waals surface area contributed by atoms with Crippen LogP contribution in [0.15, 0.2) is 35.7 Å². The van der Waals surface area contributed by atoms with Gasteiger partial charge in [-0.25, -0.2) is 4.98 Å². The molecule has 2 aliphatic heterocycles. The SMILES string of the molecule is O=C(CCc1csc(-c2ccccc2)n1)N1CCC(CN2CCOCC2)CC1. The second-order valence-electron chi connectivity index (χ2n) is 7.75. The Morgan fingerprint density at radius 3 is 2.61 bits per heavy atom. The Labute approximate surface area is 171 Å². The van der Waals surface area contributed by atoms with Crippen molar-refractivity contribution in [3.8, 4) is 10.6 Å². The van der Waals surface area contributed by atoms with Gasteiger partial charge in [-0.3, -0.25) is 9.69 Å². The summed E-state index contributed by atoms with van der Waals surface area (Å²) in [5, 5.41) is 3.12. The molecular weight excluding hydrogens is 370 g/mol. The van der Waals surface area contributed by atoms with Crippen LogP contribution in [0, 0.1) is 5.92 Å². The fourth-order valence-corrected chi connectivity index (χ4v) is 4.90. The summed E-state index contributed by atoms with van der Waals surface area (Å²) in [4.78, 5) is 21.9. The van der Waals surface area contributed by atoms with Crippen molar-refractivity contribution in [2.75, 3.05) is 45.9 Å². The molecule has 2 saturated heterocycles. The molecule has 0 N–H and O–H groups in total. The number of carbonyl (C=O) groups is 1. The molecular formula is C22H29N3O2S. The monoisotopic (exact) mass is 399 g/mol. The molecule has 4 rings (SSSR count). The van der Waals surface area contributed by atoms with Crippen LogP contribution in [0.25, 0.3) is 10.6 Å².